The van der Waals surface area contributed by atoms with E-state index in [0.717, 1.165) is 15.7 Å². The number of nitrogens with one attached hydrogen (secondary N) is 1. The first-order valence-corrected chi connectivity index (χ1v) is 10.8. The average Bonchev–Trinajstić information content (AvgIpc) is 3.15. The van der Waals surface area contributed by atoms with Gasteiger partial charge in [0.25, 0.3) is 10.0 Å². The standard InChI is InChI=1S/C18H18N2O4S2/c21-25(22,19-13-11-16-7-3-1-4-8-16)18-12-14-20(15-18)26(23,24)17-9-5-2-6-10-17/h1-10,12,14-15,19H,11,13H2. The van der Waals surface area contributed by atoms with Gasteiger partial charge < -0.3 is 0 Å². The fraction of sp³-hybridized carbons (Fsp3) is 0.111. The van der Waals surface area contributed by atoms with Crippen molar-refractivity contribution in [1.29, 1.82) is 0 Å². The molecular weight excluding hydrogens is 372 g/mol. The second-order valence-corrected chi connectivity index (χ2v) is 9.24. The fourth-order valence-corrected chi connectivity index (χ4v) is 4.75. The Morgan fingerprint density at radius 1 is 0.769 bits per heavy atom. The van der Waals surface area contributed by atoms with E-state index >= 15 is 0 Å². The molecule has 0 amide bonds. The van der Waals surface area contributed by atoms with Gasteiger partial charge in [-0.1, -0.05) is 48.5 Å². The summed E-state index contributed by atoms with van der Waals surface area (Å²) < 4.78 is 53.2. The highest BCUT2D eigenvalue weighted by Crippen LogP contribution is 2.17. The molecule has 1 aromatic heterocycles. The van der Waals surface area contributed by atoms with E-state index in [4.69, 9.17) is 0 Å². The number of benzene rings is 2. The van der Waals surface area contributed by atoms with E-state index < -0.39 is 20.0 Å². The van der Waals surface area contributed by atoms with Crippen LogP contribution in [-0.4, -0.2) is 27.4 Å². The van der Waals surface area contributed by atoms with Gasteiger partial charge in [-0.05, 0) is 30.2 Å². The number of hydrogen-bond donors (Lipinski definition) is 1. The van der Waals surface area contributed by atoms with Crippen LogP contribution in [0.15, 0.2) is 88.9 Å². The maximum absolute atomic E-state index is 12.5. The van der Waals surface area contributed by atoms with Crippen molar-refractivity contribution in [1.82, 2.24) is 8.69 Å². The van der Waals surface area contributed by atoms with Gasteiger partial charge in [0.15, 0.2) is 0 Å². The molecule has 0 bridgehead atoms. The molecule has 0 saturated heterocycles. The number of aromatic nitrogens is 1. The highest BCUT2D eigenvalue weighted by Gasteiger charge is 2.21. The summed E-state index contributed by atoms with van der Waals surface area (Å²) in [4.78, 5) is 0.00153. The maximum atomic E-state index is 12.5. The Bertz CT molecular complexity index is 1070. The third kappa shape index (κ3) is 4.04. The lowest BCUT2D eigenvalue weighted by Gasteiger charge is -2.06. The molecule has 2 aromatic carbocycles. The van der Waals surface area contributed by atoms with Crippen LogP contribution in [0.2, 0.25) is 0 Å². The fourth-order valence-electron chi connectivity index (χ4n) is 2.44. The van der Waals surface area contributed by atoms with Gasteiger partial charge in [0.1, 0.15) is 4.90 Å². The second kappa shape index (κ2) is 7.45. The molecule has 0 fully saturated rings. The summed E-state index contributed by atoms with van der Waals surface area (Å²) in [6.45, 7) is 0.225. The van der Waals surface area contributed by atoms with E-state index in [9.17, 15) is 16.8 Å². The minimum atomic E-state index is -3.82. The summed E-state index contributed by atoms with van der Waals surface area (Å²) in [7, 11) is -7.60. The van der Waals surface area contributed by atoms with E-state index in [2.05, 4.69) is 4.72 Å². The van der Waals surface area contributed by atoms with E-state index in [0.29, 0.717) is 6.42 Å². The van der Waals surface area contributed by atoms with E-state index in [-0.39, 0.29) is 16.3 Å². The highest BCUT2D eigenvalue weighted by molar-refractivity contribution is 7.90. The first-order valence-electron chi connectivity index (χ1n) is 7.92. The largest absolute Gasteiger partial charge is 0.267 e. The second-order valence-electron chi connectivity index (χ2n) is 5.63. The van der Waals surface area contributed by atoms with Crippen molar-refractivity contribution < 1.29 is 16.8 Å². The smallest absolute Gasteiger partial charge is 0.248 e. The predicted octanol–water partition coefficient (Wildman–Crippen LogP) is 2.25. The molecule has 0 radical (unpaired) electrons. The van der Waals surface area contributed by atoms with Crippen LogP contribution < -0.4 is 4.72 Å². The van der Waals surface area contributed by atoms with Crippen molar-refractivity contribution in [3.05, 3.63) is 84.7 Å². The van der Waals surface area contributed by atoms with Crippen LogP contribution in [-0.2, 0) is 26.5 Å². The van der Waals surface area contributed by atoms with Crippen molar-refractivity contribution in [3.8, 4) is 0 Å². The Morgan fingerprint density at radius 2 is 1.38 bits per heavy atom. The van der Waals surface area contributed by atoms with Crippen molar-refractivity contribution in [2.45, 2.75) is 16.2 Å². The molecule has 1 N–H and O–H groups in total. The number of nitrogens with zero attached hydrogens (tertiary/aromatic N) is 1. The Morgan fingerprint density at radius 3 is 2.04 bits per heavy atom. The molecule has 1 heterocycles. The van der Waals surface area contributed by atoms with Crippen molar-refractivity contribution in [2.24, 2.45) is 0 Å². The topological polar surface area (TPSA) is 85.2 Å². The van der Waals surface area contributed by atoms with Crippen molar-refractivity contribution >= 4 is 20.0 Å². The first kappa shape index (κ1) is 18.4. The van der Waals surface area contributed by atoms with Crippen LogP contribution in [0.3, 0.4) is 0 Å². The molecule has 0 aliphatic heterocycles. The van der Waals surface area contributed by atoms with Gasteiger partial charge in [0, 0.05) is 18.9 Å². The zero-order chi connectivity index (χ0) is 18.6. The lowest BCUT2D eigenvalue weighted by Crippen LogP contribution is -2.25. The molecule has 0 saturated carbocycles. The molecule has 136 valence electrons. The van der Waals surface area contributed by atoms with E-state index in [1.54, 1.807) is 18.2 Å². The molecule has 26 heavy (non-hydrogen) atoms. The van der Waals surface area contributed by atoms with Crippen molar-refractivity contribution in [3.63, 3.8) is 0 Å². The summed E-state index contributed by atoms with van der Waals surface area (Å²) in [6.07, 6.45) is 2.88. The minimum Gasteiger partial charge on any atom is -0.248 e. The first-order chi connectivity index (χ1) is 12.4. The van der Waals surface area contributed by atoms with E-state index in [1.807, 2.05) is 30.3 Å². The van der Waals surface area contributed by atoms with Crippen LogP contribution >= 0.6 is 0 Å². The summed E-state index contributed by atoms with van der Waals surface area (Å²) >= 11 is 0. The Labute approximate surface area is 153 Å². The zero-order valence-corrected chi connectivity index (χ0v) is 15.4. The molecule has 0 aliphatic carbocycles. The quantitative estimate of drug-likeness (QED) is 0.670. The molecule has 0 aliphatic rings. The zero-order valence-electron chi connectivity index (χ0n) is 13.8. The Balaban J connectivity index is 1.74. The van der Waals surface area contributed by atoms with Crippen molar-refractivity contribution in [2.75, 3.05) is 6.54 Å². The SMILES string of the molecule is O=S(=O)(NCCc1ccccc1)c1ccn(S(=O)(=O)c2ccccc2)c1. The van der Waals surface area contributed by atoms with Crippen LogP contribution in [0.1, 0.15) is 5.56 Å². The van der Waals surface area contributed by atoms with Crippen LogP contribution in [0, 0.1) is 0 Å². The minimum absolute atomic E-state index is 0.0925. The van der Waals surface area contributed by atoms with Gasteiger partial charge in [-0.3, -0.25) is 0 Å². The molecule has 0 spiro atoms. The van der Waals surface area contributed by atoms with Gasteiger partial charge in [-0.25, -0.2) is 25.5 Å². The summed E-state index contributed by atoms with van der Waals surface area (Å²) in [5, 5.41) is 0. The average molecular weight is 390 g/mol. The highest BCUT2D eigenvalue weighted by atomic mass is 32.2. The monoisotopic (exact) mass is 390 g/mol. The third-order valence-electron chi connectivity index (χ3n) is 3.82. The molecule has 3 aromatic rings. The van der Waals surface area contributed by atoms with Gasteiger partial charge >= 0.3 is 0 Å². The molecule has 8 heteroatoms. The number of rotatable bonds is 7. The van der Waals surface area contributed by atoms with Crippen LogP contribution in [0.5, 0.6) is 0 Å². The number of sulfonamides is 1. The number of hydrogen-bond acceptors (Lipinski definition) is 4. The maximum Gasteiger partial charge on any atom is 0.267 e. The van der Waals surface area contributed by atoms with Gasteiger partial charge in [0.05, 0.1) is 4.90 Å². The van der Waals surface area contributed by atoms with Crippen LogP contribution in [0.25, 0.3) is 0 Å². The van der Waals surface area contributed by atoms with Crippen LogP contribution in [0.4, 0.5) is 0 Å². The van der Waals surface area contributed by atoms with Gasteiger partial charge in [-0.15, -0.1) is 0 Å². The predicted molar refractivity (Wildman–Crippen MR) is 98.8 cm³/mol. The normalized spacial score (nSPS) is 12.2. The molecular formula is C18H18N2O4S2. The van der Waals surface area contributed by atoms with Gasteiger partial charge in [-0.2, -0.15) is 0 Å². The lowest BCUT2D eigenvalue weighted by atomic mass is 10.2. The summed E-state index contributed by atoms with van der Waals surface area (Å²) in [5.74, 6) is 0. The molecule has 0 unspecified atom stereocenters. The Kier molecular flexibility index (Phi) is 5.26. The lowest BCUT2D eigenvalue weighted by molar-refractivity contribution is 0.581. The third-order valence-corrected chi connectivity index (χ3v) is 6.91. The molecule has 3 rings (SSSR count). The Hall–Kier alpha value is -2.42. The molecule has 6 nitrogen and oxygen atoms in total. The summed E-state index contributed by atoms with van der Waals surface area (Å²) in [5.41, 5.74) is 1.01. The summed E-state index contributed by atoms with van der Waals surface area (Å²) in [6, 6.07) is 18.6. The van der Waals surface area contributed by atoms with Gasteiger partial charge in [0.2, 0.25) is 10.0 Å². The molecule has 0 atom stereocenters. The van der Waals surface area contributed by atoms with E-state index in [1.165, 1.54) is 24.4 Å².